The van der Waals surface area contributed by atoms with Crippen molar-refractivity contribution in [2.24, 2.45) is 0 Å². The first-order valence-corrected chi connectivity index (χ1v) is 5.91. The van der Waals surface area contributed by atoms with E-state index in [0.29, 0.717) is 18.0 Å². The largest absolute Gasteiger partial charge is 0.497 e. The Labute approximate surface area is 112 Å². The number of carbonyl (C=O) groups is 1. The molecule has 0 fully saturated rings. The summed E-state index contributed by atoms with van der Waals surface area (Å²) in [5.41, 5.74) is 2.69. The fourth-order valence-corrected chi connectivity index (χ4v) is 2.18. The van der Waals surface area contributed by atoms with Crippen LogP contribution in [0.1, 0.15) is 12.5 Å². The van der Waals surface area contributed by atoms with Gasteiger partial charge in [-0.2, -0.15) is 0 Å². The summed E-state index contributed by atoms with van der Waals surface area (Å²) in [7, 11) is 4.54. The molecule has 0 saturated carbocycles. The van der Waals surface area contributed by atoms with Gasteiger partial charge in [0, 0.05) is 24.2 Å². The van der Waals surface area contributed by atoms with E-state index < -0.39 is 6.09 Å². The molecule has 5 nitrogen and oxygen atoms in total. The molecule has 1 aliphatic rings. The lowest BCUT2D eigenvalue weighted by Crippen LogP contribution is -2.33. The first-order valence-electron chi connectivity index (χ1n) is 5.91. The van der Waals surface area contributed by atoms with Crippen molar-refractivity contribution in [1.82, 2.24) is 0 Å². The molecule has 5 heteroatoms. The van der Waals surface area contributed by atoms with Gasteiger partial charge >= 0.3 is 6.09 Å². The molecule has 1 aromatic carbocycles. The molecule has 2 rings (SSSR count). The van der Waals surface area contributed by atoms with E-state index in [1.807, 2.05) is 19.1 Å². The molecule has 102 valence electrons. The molecule has 19 heavy (non-hydrogen) atoms. The van der Waals surface area contributed by atoms with Crippen molar-refractivity contribution in [1.29, 1.82) is 0 Å². The second kappa shape index (κ2) is 5.22. The van der Waals surface area contributed by atoms with E-state index in [1.165, 1.54) is 7.11 Å². The number of benzene rings is 1. The number of fused-ring (bicyclic) bond motifs is 1. The number of amides is 1. The second-order valence-corrected chi connectivity index (χ2v) is 4.19. The van der Waals surface area contributed by atoms with Gasteiger partial charge < -0.3 is 14.2 Å². The van der Waals surface area contributed by atoms with E-state index in [-0.39, 0.29) is 0 Å². The van der Waals surface area contributed by atoms with Gasteiger partial charge in [-0.25, -0.2) is 4.79 Å². The minimum atomic E-state index is -0.402. The summed E-state index contributed by atoms with van der Waals surface area (Å²) in [6, 6.07) is 3.61. The number of anilines is 1. The Hall–Kier alpha value is -2.17. The van der Waals surface area contributed by atoms with Crippen LogP contribution < -0.4 is 14.4 Å². The SMILES string of the molecule is COC(=O)N1CC=C(C)c2c(OC)cc(OC)cc21. The van der Waals surface area contributed by atoms with Crippen LogP contribution in [0.15, 0.2) is 18.2 Å². The lowest BCUT2D eigenvalue weighted by atomic mass is 9.99. The van der Waals surface area contributed by atoms with Gasteiger partial charge in [0.25, 0.3) is 0 Å². The molecule has 0 unspecified atom stereocenters. The molecular weight excluding hydrogens is 246 g/mol. The average Bonchev–Trinajstić information content (AvgIpc) is 2.45. The lowest BCUT2D eigenvalue weighted by Gasteiger charge is -2.28. The Bertz CT molecular complexity index is 536. The third-order valence-electron chi connectivity index (χ3n) is 3.17. The Kier molecular flexibility index (Phi) is 3.64. The number of carbonyl (C=O) groups excluding carboxylic acids is 1. The third kappa shape index (κ3) is 2.23. The van der Waals surface area contributed by atoms with Crippen molar-refractivity contribution < 1.29 is 19.0 Å². The Morgan fingerprint density at radius 3 is 2.53 bits per heavy atom. The van der Waals surface area contributed by atoms with Crippen LogP contribution in [0, 0.1) is 0 Å². The predicted octanol–water partition coefficient (Wildman–Crippen LogP) is 2.69. The van der Waals surface area contributed by atoms with E-state index >= 15 is 0 Å². The molecule has 0 aliphatic carbocycles. The molecule has 1 amide bonds. The molecular formula is C14H17NO4. The van der Waals surface area contributed by atoms with Gasteiger partial charge in [0.2, 0.25) is 0 Å². The number of methoxy groups -OCH3 is 3. The quantitative estimate of drug-likeness (QED) is 0.823. The van der Waals surface area contributed by atoms with Gasteiger partial charge in [-0.3, -0.25) is 4.90 Å². The fourth-order valence-electron chi connectivity index (χ4n) is 2.18. The van der Waals surface area contributed by atoms with E-state index in [9.17, 15) is 4.79 Å². The number of allylic oxidation sites excluding steroid dienone is 1. The van der Waals surface area contributed by atoms with Gasteiger partial charge in [0.05, 0.1) is 27.0 Å². The van der Waals surface area contributed by atoms with Crippen LogP contribution in [0.25, 0.3) is 5.57 Å². The second-order valence-electron chi connectivity index (χ2n) is 4.19. The Balaban J connectivity index is 2.62. The molecule has 0 bridgehead atoms. The summed E-state index contributed by atoms with van der Waals surface area (Å²) in [5, 5.41) is 0. The zero-order chi connectivity index (χ0) is 14.0. The fraction of sp³-hybridized carbons (Fsp3) is 0.357. The van der Waals surface area contributed by atoms with E-state index in [1.54, 1.807) is 25.2 Å². The van der Waals surface area contributed by atoms with Crippen molar-refractivity contribution in [2.45, 2.75) is 6.92 Å². The number of nitrogens with zero attached hydrogens (tertiary/aromatic N) is 1. The summed E-state index contributed by atoms with van der Waals surface area (Å²) in [4.78, 5) is 13.4. The van der Waals surface area contributed by atoms with Gasteiger partial charge in [-0.1, -0.05) is 6.08 Å². The monoisotopic (exact) mass is 263 g/mol. The molecule has 0 saturated heterocycles. The van der Waals surface area contributed by atoms with Crippen LogP contribution in [0.5, 0.6) is 11.5 Å². The zero-order valence-electron chi connectivity index (χ0n) is 11.5. The van der Waals surface area contributed by atoms with Crippen molar-refractivity contribution >= 4 is 17.4 Å². The predicted molar refractivity (Wildman–Crippen MR) is 72.9 cm³/mol. The van der Waals surface area contributed by atoms with Gasteiger partial charge in [-0.15, -0.1) is 0 Å². The molecule has 0 N–H and O–H groups in total. The van der Waals surface area contributed by atoms with Crippen LogP contribution in [-0.4, -0.2) is 34.0 Å². The third-order valence-corrected chi connectivity index (χ3v) is 3.17. The smallest absolute Gasteiger partial charge is 0.414 e. The summed E-state index contributed by atoms with van der Waals surface area (Å²) in [6.07, 6.45) is 1.56. The first-order chi connectivity index (χ1) is 9.12. The normalized spacial score (nSPS) is 13.5. The molecule has 1 heterocycles. The minimum absolute atomic E-state index is 0.402. The maximum Gasteiger partial charge on any atom is 0.414 e. The van der Waals surface area contributed by atoms with Crippen molar-refractivity contribution in [3.05, 3.63) is 23.8 Å². The van der Waals surface area contributed by atoms with Crippen LogP contribution in [0.4, 0.5) is 10.5 Å². The Morgan fingerprint density at radius 1 is 1.21 bits per heavy atom. The highest BCUT2D eigenvalue weighted by Gasteiger charge is 2.26. The first kappa shape index (κ1) is 13.3. The van der Waals surface area contributed by atoms with Crippen LogP contribution >= 0.6 is 0 Å². The van der Waals surface area contributed by atoms with Crippen molar-refractivity contribution in [3.8, 4) is 11.5 Å². The minimum Gasteiger partial charge on any atom is -0.497 e. The number of hydrogen-bond acceptors (Lipinski definition) is 4. The molecule has 0 radical (unpaired) electrons. The van der Waals surface area contributed by atoms with Crippen LogP contribution in [0.3, 0.4) is 0 Å². The van der Waals surface area contributed by atoms with Gasteiger partial charge in [-0.05, 0) is 12.5 Å². The van der Waals surface area contributed by atoms with Crippen LogP contribution in [0.2, 0.25) is 0 Å². The number of hydrogen-bond donors (Lipinski definition) is 0. The van der Waals surface area contributed by atoms with Gasteiger partial charge in [0.15, 0.2) is 0 Å². The standard InChI is InChI=1S/C14H17NO4/c1-9-5-6-15(14(16)19-4)11-7-10(17-2)8-12(18-3)13(9)11/h5,7-8H,6H2,1-4H3. The molecule has 1 aromatic rings. The summed E-state index contributed by atoms with van der Waals surface area (Å²) in [5.74, 6) is 1.32. The maximum absolute atomic E-state index is 11.8. The molecule has 0 atom stereocenters. The van der Waals surface area contributed by atoms with E-state index in [2.05, 4.69) is 0 Å². The Morgan fingerprint density at radius 2 is 1.95 bits per heavy atom. The summed E-state index contributed by atoms with van der Waals surface area (Å²) >= 11 is 0. The average molecular weight is 263 g/mol. The van der Waals surface area contributed by atoms with Crippen molar-refractivity contribution in [3.63, 3.8) is 0 Å². The molecule has 1 aliphatic heterocycles. The number of ether oxygens (including phenoxy) is 3. The maximum atomic E-state index is 11.8. The lowest BCUT2D eigenvalue weighted by molar-refractivity contribution is 0.179. The highest BCUT2D eigenvalue weighted by atomic mass is 16.5. The highest BCUT2D eigenvalue weighted by molar-refractivity contribution is 5.96. The summed E-state index contributed by atoms with van der Waals surface area (Å²) < 4.78 is 15.4. The molecule has 0 aromatic heterocycles. The molecule has 0 spiro atoms. The van der Waals surface area contributed by atoms with Gasteiger partial charge in [0.1, 0.15) is 11.5 Å². The topological polar surface area (TPSA) is 48.0 Å². The summed E-state index contributed by atoms with van der Waals surface area (Å²) in [6.45, 7) is 2.46. The van der Waals surface area contributed by atoms with Crippen molar-refractivity contribution in [2.75, 3.05) is 32.8 Å². The van der Waals surface area contributed by atoms with Crippen LogP contribution in [-0.2, 0) is 4.74 Å². The highest BCUT2D eigenvalue weighted by Crippen LogP contribution is 2.41. The zero-order valence-corrected chi connectivity index (χ0v) is 11.5. The number of rotatable bonds is 2. The van der Waals surface area contributed by atoms with E-state index in [4.69, 9.17) is 14.2 Å². The van der Waals surface area contributed by atoms with E-state index in [0.717, 1.165) is 16.8 Å².